The van der Waals surface area contributed by atoms with Crippen molar-refractivity contribution in [3.05, 3.63) is 98.0 Å². The second kappa shape index (κ2) is 10.8. The van der Waals surface area contributed by atoms with Gasteiger partial charge in [-0.05, 0) is 85.7 Å². The highest BCUT2D eigenvalue weighted by atomic mass is 35.5. The zero-order valence-corrected chi connectivity index (χ0v) is 23.5. The number of non-ortho nitro benzene ring substituents is 1. The summed E-state index contributed by atoms with van der Waals surface area (Å²) in [5, 5.41) is 12.9. The lowest BCUT2D eigenvalue weighted by Crippen LogP contribution is -2.52. The lowest BCUT2D eigenvalue weighted by Gasteiger charge is -2.31. The molecule has 1 heterocycles. The van der Waals surface area contributed by atoms with Gasteiger partial charge in [0.2, 0.25) is 0 Å². The lowest BCUT2D eigenvalue weighted by atomic mass is 9.81. The minimum Gasteiger partial charge on any atom is -0.457 e. The quantitative estimate of drug-likeness (QED) is 0.134. The Bertz CT molecular complexity index is 1600. The summed E-state index contributed by atoms with van der Waals surface area (Å²) in [6.07, 6.45) is 2.55. The average Bonchev–Trinajstić information content (AvgIpc) is 3.66. The summed E-state index contributed by atoms with van der Waals surface area (Å²) in [5.41, 5.74) is 0.139. The number of halogens is 2. The van der Waals surface area contributed by atoms with E-state index in [4.69, 9.17) is 27.9 Å². The van der Waals surface area contributed by atoms with Gasteiger partial charge in [-0.25, -0.2) is 5.01 Å². The summed E-state index contributed by atoms with van der Waals surface area (Å²) in [4.78, 5) is 64.8. The van der Waals surface area contributed by atoms with Crippen molar-refractivity contribution in [2.75, 3.05) is 6.54 Å². The van der Waals surface area contributed by atoms with Crippen molar-refractivity contribution in [2.24, 2.45) is 23.7 Å². The highest BCUT2D eigenvalue weighted by molar-refractivity contribution is 6.36. The number of rotatable bonds is 8. The van der Waals surface area contributed by atoms with E-state index in [1.54, 1.807) is 0 Å². The van der Waals surface area contributed by atoms with E-state index in [2.05, 4.69) is 0 Å². The summed E-state index contributed by atoms with van der Waals surface area (Å²) in [5.74, 6) is -2.26. The number of ketones is 1. The maximum atomic E-state index is 13.8. The maximum Gasteiger partial charge on any atom is 0.274 e. The highest BCUT2D eigenvalue weighted by Gasteiger charge is 2.62. The number of carbonyl (C=O) groups is 4. The number of nitro groups is 1. The zero-order valence-electron chi connectivity index (χ0n) is 21.9. The molecule has 10 nitrogen and oxygen atoms in total. The van der Waals surface area contributed by atoms with Gasteiger partial charge in [0.25, 0.3) is 23.4 Å². The number of benzene rings is 3. The van der Waals surface area contributed by atoms with Gasteiger partial charge < -0.3 is 4.74 Å². The van der Waals surface area contributed by atoms with Crippen LogP contribution in [0.2, 0.25) is 10.0 Å². The van der Waals surface area contributed by atoms with Crippen LogP contribution in [0, 0.1) is 33.8 Å². The number of hydrazine groups is 1. The number of amides is 3. The molecule has 1 aliphatic heterocycles. The number of nitro benzene ring substituents is 1. The van der Waals surface area contributed by atoms with E-state index >= 15 is 0 Å². The lowest BCUT2D eigenvalue weighted by molar-refractivity contribution is -0.384. The normalized spacial score (nSPS) is 22.3. The Labute approximate surface area is 249 Å². The van der Waals surface area contributed by atoms with Gasteiger partial charge in [-0.1, -0.05) is 23.2 Å². The van der Waals surface area contributed by atoms with Crippen LogP contribution in [-0.2, 0) is 9.59 Å². The molecular weight excluding hydrogens is 585 g/mol. The first kappa shape index (κ1) is 27.9. The monoisotopic (exact) mass is 607 g/mol. The van der Waals surface area contributed by atoms with Gasteiger partial charge in [0, 0.05) is 22.7 Å². The second-order valence-corrected chi connectivity index (χ2v) is 11.5. The van der Waals surface area contributed by atoms with E-state index in [1.807, 2.05) is 0 Å². The van der Waals surface area contributed by atoms with Crippen LogP contribution in [0.3, 0.4) is 0 Å². The molecule has 42 heavy (non-hydrogen) atoms. The van der Waals surface area contributed by atoms with Gasteiger partial charge in [-0.15, -0.1) is 0 Å². The molecule has 2 bridgehead atoms. The van der Waals surface area contributed by atoms with E-state index in [0.29, 0.717) is 16.5 Å². The highest BCUT2D eigenvalue weighted by Crippen LogP contribution is 2.56. The zero-order chi connectivity index (χ0) is 29.7. The number of Topliss-reactive ketones (excluding diaryl/α,β-unsaturated/α-hetero) is 1. The van der Waals surface area contributed by atoms with Gasteiger partial charge >= 0.3 is 0 Å². The summed E-state index contributed by atoms with van der Waals surface area (Å²) < 4.78 is 5.70. The largest absolute Gasteiger partial charge is 0.457 e. The molecule has 214 valence electrons. The van der Waals surface area contributed by atoms with E-state index in [9.17, 15) is 29.3 Å². The van der Waals surface area contributed by atoms with Crippen molar-refractivity contribution in [2.45, 2.75) is 19.3 Å². The van der Waals surface area contributed by atoms with E-state index in [1.165, 1.54) is 66.7 Å². The third kappa shape index (κ3) is 4.90. The van der Waals surface area contributed by atoms with Gasteiger partial charge in [0.05, 0.1) is 27.3 Å². The first-order chi connectivity index (χ1) is 20.1. The Hall–Kier alpha value is -4.28. The molecule has 0 spiro atoms. The molecule has 0 radical (unpaired) electrons. The summed E-state index contributed by atoms with van der Waals surface area (Å²) >= 11 is 12.3. The van der Waals surface area contributed by atoms with Crippen LogP contribution in [-0.4, -0.2) is 45.0 Å². The van der Waals surface area contributed by atoms with E-state index < -0.39 is 46.8 Å². The molecule has 3 aromatic carbocycles. The molecule has 2 saturated carbocycles. The smallest absolute Gasteiger partial charge is 0.274 e. The second-order valence-electron chi connectivity index (χ2n) is 10.7. The predicted molar refractivity (Wildman–Crippen MR) is 151 cm³/mol. The molecule has 3 fully saturated rings. The fourth-order valence-electron chi connectivity index (χ4n) is 6.37. The molecule has 3 amide bonds. The molecule has 0 aromatic heterocycles. The molecule has 2 aliphatic carbocycles. The molecule has 3 aliphatic rings. The molecule has 0 N–H and O–H groups in total. The van der Waals surface area contributed by atoms with Crippen LogP contribution >= 0.6 is 23.2 Å². The first-order valence-corrected chi connectivity index (χ1v) is 14.1. The molecule has 0 unspecified atom stereocenters. The minimum absolute atomic E-state index is 0.00124. The fourth-order valence-corrected chi connectivity index (χ4v) is 6.86. The van der Waals surface area contributed by atoms with Crippen molar-refractivity contribution < 1.29 is 28.8 Å². The van der Waals surface area contributed by atoms with Crippen molar-refractivity contribution in [3.8, 4) is 11.5 Å². The summed E-state index contributed by atoms with van der Waals surface area (Å²) in [7, 11) is 0. The van der Waals surface area contributed by atoms with Crippen molar-refractivity contribution in [3.63, 3.8) is 0 Å². The van der Waals surface area contributed by atoms with E-state index in [-0.39, 0.29) is 33.7 Å². The number of carbonyl (C=O) groups excluding carboxylic acids is 4. The molecule has 1 saturated heterocycles. The Morgan fingerprint density at radius 3 is 2.02 bits per heavy atom. The van der Waals surface area contributed by atoms with Crippen LogP contribution in [0.1, 0.15) is 40.0 Å². The number of hydrogen-bond donors (Lipinski definition) is 0. The first-order valence-electron chi connectivity index (χ1n) is 13.3. The number of hydrogen-bond acceptors (Lipinski definition) is 7. The Balaban J connectivity index is 1.25. The van der Waals surface area contributed by atoms with Crippen LogP contribution in [0.4, 0.5) is 5.69 Å². The Morgan fingerprint density at radius 1 is 0.905 bits per heavy atom. The number of imide groups is 1. The third-order valence-electron chi connectivity index (χ3n) is 8.29. The maximum absolute atomic E-state index is 13.8. The van der Waals surface area contributed by atoms with Crippen molar-refractivity contribution >= 4 is 52.4 Å². The van der Waals surface area contributed by atoms with Gasteiger partial charge in [0.15, 0.2) is 5.78 Å². The minimum atomic E-state index is -0.767. The number of fused-ring (bicyclic) bond motifs is 5. The van der Waals surface area contributed by atoms with Crippen molar-refractivity contribution in [1.82, 2.24) is 10.0 Å². The molecule has 3 aromatic rings. The van der Waals surface area contributed by atoms with Gasteiger partial charge in [-0.2, -0.15) is 5.01 Å². The SMILES string of the molecule is O=C(CN(C(=O)c1ccc(Cl)cc1Cl)N1C(=O)[C@@H]2[C@H]3CC[C@@H](C3)[C@@H]2C1=O)c1ccc(Oc2ccc([N+](=O)[O-])cc2)cc1. The molecule has 12 heteroatoms. The van der Waals surface area contributed by atoms with Crippen LogP contribution in [0.25, 0.3) is 0 Å². The number of ether oxygens (including phenoxy) is 1. The van der Waals surface area contributed by atoms with Crippen LogP contribution < -0.4 is 4.74 Å². The average molecular weight is 608 g/mol. The molecule has 6 rings (SSSR count). The van der Waals surface area contributed by atoms with Crippen LogP contribution in [0.15, 0.2) is 66.7 Å². The molecule has 4 atom stereocenters. The Morgan fingerprint density at radius 2 is 1.48 bits per heavy atom. The predicted octanol–water partition coefficient (Wildman–Crippen LogP) is 5.97. The van der Waals surface area contributed by atoms with Gasteiger partial charge in [0.1, 0.15) is 18.0 Å². The number of nitrogens with zero attached hydrogens (tertiary/aromatic N) is 3. The summed E-state index contributed by atoms with van der Waals surface area (Å²) in [6, 6.07) is 15.8. The van der Waals surface area contributed by atoms with Crippen molar-refractivity contribution in [1.29, 1.82) is 0 Å². The van der Waals surface area contributed by atoms with Gasteiger partial charge in [-0.3, -0.25) is 29.3 Å². The summed E-state index contributed by atoms with van der Waals surface area (Å²) in [6.45, 7) is -0.577. The third-order valence-corrected chi connectivity index (χ3v) is 8.84. The standard InChI is InChI=1S/C30H23Cl2N3O7/c31-19-5-12-23(24(32)14-19)28(37)33(34-29(38)26-17-1-2-18(13-17)27(26)30(34)39)15-25(36)16-3-8-21(9-4-16)42-22-10-6-20(7-11-22)35(40)41/h3-12,14,17-18,26-27H,1-2,13,15H2/t17-,18-,26-,27+/m0/s1. The molecular formula is C30H23Cl2N3O7. The Kier molecular flexibility index (Phi) is 7.20. The fraction of sp³-hybridized carbons (Fsp3) is 0.267. The topological polar surface area (TPSA) is 127 Å². The van der Waals surface area contributed by atoms with Crippen LogP contribution in [0.5, 0.6) is 11.5 Å². The van der Waals surface area contributed by atoms with E-state index in [0.717, 1.165) is 29.3 Å².